The fraction of sp³-hybridized carbons (Fsp3) is 0.316. The van der Waals surface area contributed by atoms with E-state index in [1.807, 2.05) is 26.8 Å². The molecule has 0 aliphatic rings. The first-order valence-electron chi connectivity index (χ1n) is 8.36. The molecular weight excluding hydrogens is 350 g/mol. The van der Waals surface area contributed by atoms with Crippen LogP contribution < -0.4 is 5.32 Å². The third-order valence-electron chi connectivity index (χ3n) is 3.79. The van der Waals surface area contributed by atoms with Crippen molar-refractivity contribution in [2.45, 2.75) is 27.7 Å². The number of ether oxygens (including phenoxy) is 1. The van der Waals surface area contributed by atoms with E-state index in [-0.39, 0.29) is 17.6 Å². The normalized spacial score (nSPS) is 11.1. The quantitative estimate of drug-likeness (QED) is 0.505. The lowest BCUT2D eigenvalue weighted by Gasteiger charge is -2.10. The van der Waals surface area contributed by atoms with Crippen molar-refractivity contribution < 1.29 is 14.6 Å². The minimum atomic E-state index is -0.342. The van der Waals surface area contributed by atoms with Crippen molar-refractivity contribution >= 4 is 39.0 Å². The highest BCUT2D eigenvalue weighted by atomic mass is 32.1. The molecule has 2 heterocycles. The Bertz CT molecular complexity index is 966. The number of hydrogen-bond donors (Lipinski definition) is 2. The number of carbonyl (C=O) groups excluding carboxylic acids is 1. The molecule has 3 aromatic rings. The van der Waals surface area contributed by atoms with Crippen LogP contribution in [0, 0.1) is 19.8 Å². The van der Waals surface area contributed by atoms with E-state index in [0.29, 0.717) is 33.6 Å². The zero-order valence-corrected chi connectivity index (χ0v) is 16.0. The number of nitrogens with one attached hydrogen (secondary N) is 1. The van der Waals surface area contributed by atoms with Crippen molar-refractivity contribution in [2.75, 3.05) is 11.9 Å². The van der Waals surface area contributed by atoms with Gasteiger partial charge in [0.25, 0.3) is 0 Å². The monoisotopic (exact) mass is 371 g/mol. The van der Waals surface area contributed by atoms with Crippen molar-refractivity contribution in [3.05, 3.63) is 40.5 Å². The van der Waals surface area contributed by atoms with E-state index in [1.165, 1.54) is 11.3 Å². The van der Waals surface area contributed by atoms with E-state index in [4.69, 9.17) is 4.74 Å². The van der Waals surface area contributed by atoms with E-state index in [0.717, 1.165) is 10.9 Å². The molecule has 0 atom stereocenters. The molecule has 2 N–H and O–H groups in total. The highest BCUT2D eigenvalue weighted by Gasteiger charge is 2.21. The summed E-state index contributed by atoms with van der Waals surface area (Å²) in [6, 6.07) is 6.93. The van der Waals surface area contributed by atoms with Crippen molar-refractivity contribution in [3.63, 3.8) is 0 Å². The average Bonchev–Trinajstić information content (AvgIpc) is 2.91. The highest BCUT2D eigenvalue weighted by Crippen LogP contribution is 2.36. The molecule has 0 aliphatic carbocycles. The van der Waals surface area contributed by atoms with Gasteiger partial charge in [-0.25, -0.2) is 14.8 Å². The van der Waals surface area contributed by atoms with Gasteiger partial charge in [0.15, 0.2) is 0 Å². The highest BCUT2D eigenvalue weighted by molar-refractivity contribution is 7.20. The molecule has 136 valence electrons. The van der Waals surface area contributed by atoms with Gasteiger partial charge in [-0.15, -0.1) is 11.3 Å². The topological polar surface area (TPSA) is 84.3 Å². The van der Waals surface area contributed by atoms with Crippen LogP contribution in [0.2, 0.25) is 0 Å². The van der Waals surface area contributed by atoms with Crippen LogP contribution >= 0.6 is 11.3 Å². The van der Waals surface area contributed by atoms with Crippen LogP contribution in [-0.2, 0) is 4.74 Å². The number of aryl methyl sites for hydroxylation is 2. The Morgan fingerprint density at radius 2 is 2.00 bits per heavy atom. The largest absolute Gasteiger partial charge is 0.506 e. The molecule has 1 aromatic carbocycles. The van der Waals surface area contributed by atoms with Gasteiger partial charge in [-0.1, -0.05) is 26.0 Å². The Balaban J connectivity index is 2.04. The maximum absolute atomic E-state index is 12.4. The number of thiophene rings is 1. The Morgan fingerprint density at radius 3 is 2.69 bits per heavy atom. The molecule has 26 heavy (non-hydrogen) atoms. The van der Waals surface area contributed by atoms with Crippen molar-refractivity contribution in [1.82, 2.24) is 9.97 Å². The minimum Gasteiger partial charge on any atom is -0.506 e. The number of para-hydroxylation sites is 2. The number of hydrogen-bond acceptors (Lipinski definition) is 7. The molecule has 0 saturated heterocycles. The van der Waals surface area contributed by atoms with Gasteiger partial charge >= 0.3 is 5.97 Å². The lowest BCUT2D eigenvalue weighted by atomic mass is 10.2. The number of carbonyl (C=O) groups is 1. The number of phenols is 1. The van der Waals surface area contributed by atoms with Crippen LogP contribution in [0.15, 0.2) is 24.3 Å². The summed E-state index contributed by atoms with van der Waals surface area (Å²) in [6.45, 7) is 8.02. The van der Waals surface area contributed by atoms with Crippen LogP contribution in [0.4, 0.5) is 11.5 Å². The average molecular weight is 371 g/mol. The van der Waals surface area contributed by atoms with Gasteiger partial charge in [-0.3, -0.25) is 0 Å². The minimum absolute atomic E-state index is 0.126. The predicted molar refractivity (Wildman–Crippen MR) is 103 cm³/mol. The van der Waals surface area contributed by atoms with Crippen molar-refractivity contribution in [2.24, 2.45) is 5.92 Å². The molecule has 0 saturated carbocycles. The van der Waals surface area contributed by atoms with E-state index in [1.54, 1.807) is 25.1 Å². The molecule has 0 unspecified atom stereocenters. The first-order valence-corrected chi connectivity index (χ1v) is 9.18. The zero-order chi connectivity index (χ0) is 18.8. The second kappa shape index (κ2) is 7.29. The molecule has 0 amide bonds. The molecule has 0 bridgehead atoms. The van der Waals surface area contributed by atoms with Crippen LogP contribution in [-0.4, -0.2) is 27.7 Å². The van der Waals surface area contributed by atoms with Crippen molar-refractivity contribution in [1.29, 1.82) is 0 Å². The first kappa shape index (κ1) is 18.1. The molecule has 3 rings (SSSR count). The third kappa shape index (κ3) is 3.62. The van der Waals surface area contributed by atoms with Crippen LogP contribution in [0.5, 0.6) is 5.75 Å². The summed E-state index contributed by atoms with van der Waals surface area (Å²) >= 11 is 1.30. The van der Waals surface area contributed by atoms with E-state index < -0.39 is 0 Å². The second-order valence-electron chi connectivity index (χ2n) is 6.49. The van der Waals surface area contributed by atoms with Gasteiger partial charge in [0.1, 0.15) is 27.1 Å². The fourth-order valence-electron chi connectivity index (χ4n) is 2.55. The Labute approximate surface area is 155 Å². The number of phenolic OH excluding ortho intramolecular Hbond substituents is 1. The lowest BCUT2D eigenvalue weighted by molar-refractivity contribution is 0.0464. The summed E-state index contributed by atoms with van der Waals surface area (Å²) in [5, 5.41) is 13.9. The SMILES string of the molecule is Cc1nc(Nc2ccccc2O)c2c(C)c(C(=O)OCC(C)C)sc2n1. The van der Waals surface area contributed by atoms with E-state index >= 15 is 0 Å². The molecule has 0 aliphatic heterocycles. The summed E-state index contributed by atoms with van der Waals surface area (Å²) in [5.74, 6) is 1.20. The first-order chi connectivity index (χ1) is 12.4. The number of anilines is 2. The molecule has 7 heteroatoms. The fourth-order valence-corrected chi connectivity index (χ4v) is 3.67. The van der Waals surface area contributed by atoms with Gasteiger partial charge in [0.05, 0.1) is 17.7 Å². The zero-order valence-electron chi connectivity index (χ0n) is 15.2. The molecule has 2 aromatic heterocycles. The van der Waals surface area contributed by atoms with Crippen LogP contribution in [0.3, 0.4) is 0 Å². The van der Waals surface area contributed by atoms with E-state index in [2.05, 4.69) is 15.3 Å². The number of rotatable bonds is 5. The van der Waals surface area contributed by atoms with Gasteiger partial charge in [-0.05, 0) is 37.5 Å². The number of aromatic hydroxyl groups is 1. The Hall–Kier alpha value is -2.67. The maximum atomic E-state index is 12.4. The standard InChI is InChI=1S/C19H21N3O3S/c1-10(2)9-25-19(24)16-11(3)15-17(20-12(4)21-18(15)26-16)22-13-7-5-6-8-14(13)23/h5-8,10,23H,9H2,1-4H3,(H,20,21,22). The van der Waals surface area contributed by atoms with Gasteiger partial charge < -0.3 is 15.2 Å². The van der Waals surface area contributed by atoms with E-state index in [9.17, 15) is 9.90 Å². The molecule has 6 nitrogen and oxygen atoms in total. The second-order valence-corrected chi connectivity index (χ2v) is 7.49. The molecule has 0 spiro atoms. The van der Waals surface area contributed by atoms with Crippen LogP contribution in [0.1, 0.15) is 34.9 Å². The molecular formula is C19H21N3O3S. The van der Waals surface area contributed by atoms with Gasteiger partial charge in [0, 0.05) is 0 Å². The molecule has 0 fully saturated rings. The maximum Gasteiger partial charge on any atom is 0.348 e. The number of benzene rings is 1. The summed E-state index contributed by atoms with van der Waals surface area (Å²) < 4.78 is 5.37. The summed E-state index contributed by atoms with van der Waals surface area (Å²) in [4.78, 5) is 22.6. The van der Waals surface area contributed by atoms with Crippen LogP contribution in [0.25, 0.3) is 10.2 Å². The Kier molecular flexibility index (Phi) is 5.08. The van der Waals surface area contributed by atoms with Crippen molar-refractivity contribution in [3.8, 4) is 5.75 Å². The molecule has 0 radical (unpaired) electrons. The van der Waals surface area contributed by atoms with Gasteiger partial charge in [0.2, 0.25) is 0 Å². The lowest BCUT2D eigenvalue weighted by Crippen LogP contribution is -2.09. The van der Waals surface area contributed by atoms with Gasteiger partial charge in [-0.2, -0.15) is 0 Å². The number of nitrogens with zero attached hydrogens (tertiary/aromatic N) is 2. The predicted octanol–water partition coefficient (Wildman–Crippen LogP) is 4.57. The summed E-state index contributed by atoms with van der Waals surface area (Å²) in [7, 11) is 0. The summed E-state index contributed by atoms with van der Waals surface area (Å²) in [6.07, 6.45) is 0. The third-order valence-corrected chi connectivity index (χ3v) is 4.96. The number of fused-ring (bicyclic) bond motifs is 1. The number of aromatic nitrogens is 2. The smallest absolute Gasteiger partial charge is 0.348 e. The Morgan fingerprint density at radius 1 is 1.27 bits per heavy atom. The summed E-state index contributed by atoms with van der Waals surface area (Å²) in [5.41, 5.74) is 1.32. The number of esters is 1.